The molecule has 0 radical (unpaired) electrons. The smallest absolute Gasteiger partial charge is 0.387 e. The quantitative estimate of drug-likeness (QED) is 0.0243. The summed E-state index contributed by atoms with van der Waals surface area (Å²) in [5.41, 5.74) is 0. The molecule has 3 unspecified atom stereocenters. The molecule has 0 aromatic rings. The number of aliphatic hydroxyl groups excluding tert-OH is 1. The second-order valence-corrected chi connectivity index (χ2v) is 22.8. The first kappa shape index (κ1) is 66.0. The molecule has 0 spiro atoms. The summed E-state index contributed by atoms with van der Waals surface area (Å²) in [7, 11) is 1.57. The van der Waals surface area contributed by atoms with Crippen molar-refractivity contribution in [2.75, 3.05) is 40.9 Å². The molecule has 8 nitrogen and oxygen atoms in total. The van der Waals surface area contributed by atoms with Gasteiger partial charge in [0.05, 0.1) is 39.9 Å². The number of quaternary nitrogens is 1. The van der Waals surface area contributed by atoms with Crippen LogP contribution in [0.1, 0.15) is 290 Å². The lowest BCUT2D eigenvalue weighted by Crippen LogP contribution is -2.45. The molecule has 67 heavy (non-hydrogen) atoms. The zero-order valence-corrected chi connectivity index (χ0v) is 46.3. The summed E-state index contributed by atoms with van der Waals surface area (Å²) in [5.74, 6) is -0.180. The van der Waals surface area contributed by atoms with Crippen molar-refractivity contribution in [3.8, 4) is 0 Å². The Labute approximate surface area is 417 Å². The van der Waals surface area contributed by atoms with E-state index in [0.717, 1.165) is 38.5 Å². The van der Waals surface area contributed by atoms with Gasteiger partial charge in [0, 0.05) is 6.42 Å². The largest absolute Gasteiger partial charge is 0.472 e. The minimum Gasteiger partial charge on any atom is -0.387 e. The lowest BCUT2D eigenvalue weighted by Gasteiger charge is -2.25. The number of unbranched alkanes of at least 4 members (excludes halogenated alkanes) is 39. The maximum absolute atomic E-state index is 13.0. The number of nitrogens with one attached hydrogen (secondary N) is 1. The van der Waals surface area contributed by atoms with Gasteiger partial charge in [0.15, 0.2) is 0 Å². The molecule has 0 saturated heterocycles. The number of carbonyl (C=O) groups is 1. The van der Waals surface area contributed by atoms with E-state index in [0.29, 0.717) is 17.4 Å². The Hall–Kier alpha value is -1.02. The number of aliphatic hydroxyl groups is 1. The molecular weight excluding hydrogens is 852 g/mol. The van der Waals surface area contributed by atoms with Crippen LogP contribution in [0.15, 0.2) is 24.3 Å². The molecule has 398 valence electrons. The van der Waals surface area contributed by atoms with Crippen molar-refractivity contribution in [1.82, 2.24) is 5.32 Å². The molecule has 0 rings (SSSR count). The lowest BCUT2D eigenvalue weighted by atomic mass is 10.0. The number of phosphoric acid groups is 1. The van der Waals surface area contributed by atoms with Crippen molar-refractivity contribution >= 4 is 13.7 Å². The Bertz CT molecular complexity index is 1140. The number of carbonyl (C=O) groups excluding carboxylic acids is 1. The SMILES string of the molecule is CCCCCCCCCCCCCCCCC/C=C/CC/C=C/C(O)C(COP(=O)(O)OCC[N+](C)(C)C)NC(=O)CCCCCCCCCCCCCCCCCCCCCCCCCC. The van der Waals surface area contributed by atoms with Crippen molar-refractivity contribution in [2.45, 2.75) is 302 Å². The van der Waals surface area contributed by atoms with Crippen molar-refractivity contribution < 1.29 is 32.9 Å². The predicted octanol–water partition coefficient (Wildman–Crippen LogP) is 17.6. The summed E-state index contributed by atoms with van der Waals surface area (Å²) < 4.78 is 23.7. The van der Waals surface area contributed by atoms with Gasteiger partial charge in [-0.2, -0.15) is 0 Å². The Kier molecular flexibility index (Phi) is 49.2. The molecule has 3 atom stereocenters. The van der Waals surface area contributed by atoms with Crippen LogP contribution >= 0.6 is 7.82 Å². The standard InChI is InChI=1S/C58H115N2O6P/c1-6-8-10-12-14-16-18-20-22-24-26-28-29-30-32-34-36-38-40-42-44-46-48-50-52-58(62)59-56(55-66-67(63,64)65-54-53-60(3,4)5)57(61)51-49-47-45-43-41-39-37-35-33-31-27-25-23-21-19-17-15-13-11-9-7-2/h41,43,49,51,56-57,61H,6-40,42,44-48,50,52-55H2,1-5H3,(H-,59,62,63,64)/p+1/b43-41+,51-49+. The Morgan fingerprint density at radius 1 is 0.493 bits per heavy atom. The zero-order valence-electron chi connectivity index (χ0n) is 45.4. The summed E-state index contributed by atoms with van der Waals surface area (Å²) in [6.45, 7) is 4.84. The number of hydrogen-bond acceptors (Lipinski definition) is 5. The van der Waals surface area contributed by atoms with E-state index in [1.54, 1.807) is 6.08 Å². The highest BCUT2D eigenvalue weighted by atomic mass is 31.2. The molecule has 0 bridgehead atoms. The van der Waals surface area contributed by atoms with Gasteiger partial charge in [-0.15, -0.1) is 0 Å². The Balaban J connectivity index is 4.21. The molecule has 1 amide bonds. The summed E-state index contributed by atoms with van der Waals surface area (Å²) in [4.78, 5) is 23.3. The summed E-state index contributed by atoms with van der Waals surface area (Å²) >= 11 is 0. The third-order valence-electron chi connectivity index (χ3n) is 13.4. The average Bonchev–Trinajstić information content (AvgIpc) is 3.29. The van der Waals surface area contributed by atoms with Gasteiger partial charge in [0.25, 0.3) is 0 Å². The molecule has 0 aliphatic carbocycles. The molecule has 3 N–H and O–H groups in total. The van der Waals surface area contributed by atoms with E-state index in [4.69, 9.17) is 9.05 Å². The minimum absolute atomic E-state index is 0.0588. The summed E-state index contributed by atoms with van der Waals surface area (Å²) in [6, 6.07) is -0.860. The molecule has 0 aliphatic rings. The molecule has 9 heteroatoms. The van der Waals surface area contributed by atoms with E-state index in [1.807, 2.05) is 27.2 Å². The van der Waals surface area contributed by atoms with Gasteiger partial charge in [0.1, 0.15) is 13.2 Å². The van der Waals surface area contributed by atoms with Crippen LogP contribution in [0.3, 0.4) is 0 Å². The second-order valence-electron chi connectivity index (χ2n) is 21.4. The van der Waals surface area contributed by atoms with Gasteiger partial charge < -0.3 is 19.8 Å². The number of amides is 1. The van der Waals surface area contributed by atoms with E-state index >= 15 is 0 Å². The molecule has 0 aliphatic heterocycles. The fourth-order valence-corrected chi connectivity index (χ4v) is 9.56. The third-order valence-corrected chi connectivity index (χ3v) is 14.4. The monoisotopic (exact) mass is 968 g/mol. The Morgan fingerprint density at radius 2 is 0.821 bits per heavy atom. The number of likely N-dealkylation sites (N-methyl/N-ethyl adjacent to an activating group) is 1. The minimum atomic E-state index is -4.35. The van der Waals surface area contributed by atoms with Gasteiger partial charge in [-0.3, -0.25) is 13.8 Å². The van der Waals surface area contributed by atoms with Crippen LogP contribution < -0.4 is 5.32 Å². The van der Waals surface area contributed by atoms with Crippen LogP contribution in [0.4, 0.5) is 0 Å². The zero-order chi connectivity index (χ0) is 49.2. The van der Waals surface area contributed by atoms with Crippen molar-refractivity contribution in [1.29, 1.82) is 0 Å². The summed E-state index contributed by atoms with van der Waals surface area (Å²) in [6.07, 6.45) is 62.8. The van der Waals surface area contributed by atoms with Crippen molar-refractivity contribution in [3.05, 3.63) is 24.3 Å². The molecular formula is C58H116N2O6P+. The van der Waals surface area contributed by atoms with E-state index in [-0.39, 0.29) is 19.1 Å². The number of nitrogens with zero attached hydrogens (tertiary/aromatic N) is 1. The van der Waals surface area contributed by atoms with Crippen LogP contribution in [0.2, 0.25) is 0 Å². The first-order chi connectivity index (χ1) is 32.5. The first-order valence-electron chi connectivity index (χ1n) is 29.2. The fourth-order valence-electron chi connectivity index (χ4n) is 8.83. The lowest BCUT2D eigenvalue weighted by molar-refractivity contribution is -0.870. The topological polar surface area (TPSA) is 105 Å². The number of hydrogen-bond donors (Lipinski definition) is 3. The number of rotatable bonds is 54. The van der Waals surface area contributed by atoms with E-state index < -0.39 is 20.0 Å². The highest BCUT2D eigenvalue weighted by molar-refractivity contribution is 7.47. The predicted molar refractivity (Wildman–Crippen MR) is 291 cm³/mol. The molecule has 0 aromatic heterocycles. The second kappa shape index (κ2) is 49.9. The maximum Gasteiger partial charge on any atom is 0.472 e. The first-order valence-corrected chi connectivity index (χ1v) is 30.7. The van der Waals surface area contributed by atoms with Crippen LogP contribution in [0.25, 0.3) is 0 Å². The molecule has 0 aromatic carbocycles. The van der Waals surface area contributed by atoms with Gasteiger partial charge in [0.2, 0.25) is 5.91 Å². The normalized spacial score (nSPS) is 14.1. The van der Waals surface area contributed by atoms with Crippen LogP contribution in [0, 0.1) is 0 Å². The van der Waals surface area contributed by atoms with Crippen molar-refractivity contribution in [2.24, 2.45) is 0 Å². The van der Waals surface area contributed by atoms with Crippen LogP contribution in [0.5, 0.6) is 0 Å². The van der Waals surface area contributed by atoms with E-state index in [9.17, 15) is 19.4 Å². The van der Waals surface area contributed by atoms with Crippen molar-refractivity contribution in [3.63, 3.8) is 0 Å². The Morgan fingerprint density at radius 3 is 1.19 bits per heavy atom. The van der Waals surface area contributed by atoms with Gasteiger partial charge in [-0.25, -0.2) is 4.57 Å². The van der Waals surface area contributed by atoms with Gasteiger partial charge in [-0.1, -0.05) is 276 Å². The fraction of sp³-hybridized carbons (Fsp3) is 0.914. The molecule has 0 fully saturated rings. The molecule has 0 saturated carbocycles. The van der Waals surface area contributed by atoms with Crippen LogP contribution in [-0.4, -0.2) is 73.4 Å². The van der Waals surface area contributed by atoms with E-state index in [1.165, 1.54) is 231 Å². The van der Waals surface area contributed by atoms with Gasteiger partial charge in [-0.05, 0) is 32.1 Å². The van der Waals surface area contributed by atoms with Gasteiger partial charge >= 0.3 is 7.82 Å². The van der Waals surface area contributed by atoms with E-state index in [2.05, 4.69) is 31.3 Å². The number of allylic oxidation sites excluding steroid dienone is 3. The van der Waals surface area contributed by atoms with Crippen LogP contribution in [-0.2, 0) is 18.4 Å². The number of phosphoric ester groups is 1. The summed E-state index contributed by atoms with van der Waals surface area (Å²) in [5, 5.41) is 13.9. The maximum atomic E-state index is 13.0. The third kappa shape index (κ3) is 52.6. The average molecular weight is 969 g/mol. The molecule has 0 heterocycles. The highest BCUT2D eigenvalue weighted by Gasteiger charge is 2.27. The highest BCUT2D eigenvalue weighted by Crippen LogP contribution is 2.43.